The number of piperazine rings is 1. The Morgan fingerprint density at radius 1 is 1.00 bits per heavy atom. The van der Waals surface area contributed by atoms with Gasteiger partial charge in [-0.3, -0.25) is 4.90 Å². The summed E-state index contributed by atoms with van der Waals surface area (Å²) in [5.41, 5.74) is 4.93. The van der Waals surface area contributed by atoms with Crippen molar-refractivity contribution in [1.29, 1.82) is 0 Å². The first-order valence-corrected chi connectivity index (χ1v) is 9.67. The second kappa shape index (κ2) is 9.02. The third kappa shape index (κ3) is 4.96. The predicted octanol–water partition coefficient (Wildman–Crippen LogP) is 4.55. The lowest BCUT2D eigenvalue weighted by Crippen LogP contribution is -2.46. The smallest absolute Gasteiger partial charge is 0.0403 e. The number of anilines is 1. The highest BCUT2D eigenvalue weighted by Gasteiger charge is 2.24. The summed E-state index contributed by atoms with van der Waals surface area (Å²) in [7, 11) is 2.20. The Morgan fingerprint density at radius 3 is 2.27 bits per heavy atom. The maximum atomic E-state index is 4.32. The molecule has 2 aromatic rings. The van der Waals surface area contributed by atoms with Crippen molar-refractivity contribution < 1.29 is 0 Å². The normalized spacial score (nSPS) is 17.0. The number of hydrogen-bond donors (Lipinski definition) is 1. The van der Waals surface area contributed by atoms with Gasteiger partial charge in [-0.15, -0.1) is 0 Å². The zero-order chi connectivity index (χ0) is 18.4. The minimum Gasteiger partial charge on any atom is -0.359 e. The molecule has 3 heteroatoms. The van der Waals surface area contributed by atoms with Crippen LogP contribution in [0.5, 0.6) is 0 Å². The van der Waals surface area contributed by atoms with Gasteiger partial charge in [-0.2, -0.15) is 0 Å². The first kappa shape index (κ1) is 18.7. The molecule has 1 aliphatic heterocycles. The van der Waals surface area contributed by atoms with E-state index in [2.05, 4.69) is 90.3 Å². The fourth-order valence-electron chi connectivity index (χ4n) is 3.58. The van der Waals surface area contributed by atoms with Gasteiger partial charge in [0.1, 0.15) is 0 Å². The summed E-state index contributed by atoms with van der Waals surface area (Å²) in [6, 6.07) is 19.9. The van der Waals surface area contributed by atoms with Gasteiger partial charge in [-0.05, 0) is 36.7 Å². The molecule has 0 radical (unpaired) electrons. The van der Waals surface area contributed by atoms with Gasteiger partial charge < -0.3 is 10.2 Å². The third-order valence-corrected chi connectivity index (χ3v) is 5.29. The van der Waals surface area contributed by atoms with E-state index < -0.39 is 0 Å². The maximum Gasteiger partial charge on any atom is 0.0403 e. The lowest BCUT2D eigenvalue weighted by molar-refractivity contribution is 0.111. The molecule has 1 N–H and O–H groups in total. The molecule has 2 aromatic carbocycles. The molecular weight excluding hydrogens is 318 g/mol. The minimum absolute atomic E-state index is 0.375. The Morgan fingerprint density at radius 2 is 1.65 bits per heavy atom. The first-order valence-electron chi connectivity index (χ1n) is 9.67. The van der Waals surface area contributed by atoms with Gasteiger partial charge in [-0.25, -0.2) is 0 Å². The van der Waals surface area contributed by atoms with Crippen molar-refractivity contribution in [1.82, 2.24) is 9.80 Å². The summed E-state index contributed by atoms with van der Waals surface area (Å²) < 4.78 is 0. The second-order valence-electron chi connectivity index (χ2n) is 7.25. The number of likely N-dealkylation sites (N-methyl/N-ethyl adjacent to an activating group) is 1. The molecule has 0 saturated carbocycles. The SMILES string of the molecule is C=C(CC(c1ccccc1)N1CCN(C)CC1)Nc1ccc(CC)cc1. The quantitative estimate of drug-likeness (QED) is 0.791. The van der Waals surface area contributed by atoms with E-state index in [1.807, 2.05) is 0 Å². The Hall–Kier alpha value is -2.10. The number of nitrogens with zero attached hydrogens (tertiary/aromatic N) is 2. The van der Waals surface area contributed by atoms with Crippen molar-refractivity contribution in [2.75, 3.05) is 38.5 Å². The molecule has 0 aliphatic carbocycles. The van der Waals surface area contributed by atoms with Crippen LogP contribution in [0.2, 0.25) is 0 Å². The zero-order valence-corrected chi connectivity index (χ0v) is 16.1. The monoisotopic (exact) mass is 349 g/mol. The summed E-state index contributed by atoms with van der Waals surface area (Å²) >= 11 is 0. The van der Waals surface area contributed by atoms with Gasteiger partial charge in [0, 0.05) is 50.0 Å². The molecule has 0 aromatic heterocycles. The molecule has 1 unspecified atom stereocenters. The first-order chi connectivity index (χ1) is 12.7. The topological polar surface area (TPSA) is 18.5 Å². The predicted molar refractivity (Wildman–Crippen MR) is 111 cm³/mol. The van der Waals surface area contributed by atoms with Crippen molar-refractivity contribution in [3.63, 3.8) is 0 Å². The Bertz CT molecular complexity index is 685. The highest BCUT2D eigenvalue weighted by molar-refractivity contribution is 5.49. The largest absolute Gasteiger partial charge is 0.359 e. The molecule has 1 fully saturated rings. The average molecular weight is 350 g/mol. The number of rotatable bonds is 7. The second-order valence-corrected chi connectivity index (χ2v) is 7.25. The lowest BCUT2D eigenvalue weighted by Gasteiger charge is -2.38. The van der Waals surface area contributed by atoms with E-state index >= 15 is 0 Å². The highest BCUT2D eigenvalue weighted by atomic mass is 15.3. The average Bonchev–Trinajstić information content (AvgIpc) is 2.68. The summed E-state index contributed by atoms with van der Waals surface area (Å²) in [5, 5.41) is 3.51. The van der Waals surface area contributed by atoms with Crippen molar-refractivity contribution in [2.45, 2.75) is 25.8 Å². The van der Waals surface area contributed by atoms with Crippen LogP contribution in [0.4, 0.5) is 5.69 Å². The molecule has 0 bridgehead atoms. The van der Waals surface area contributed by atoms with Crippen LogP contribution < -0.4 is 5.32 Å². The summed E-state index contributed by atoms with van der Waals surface area (Å²) in [5.74, 6) is 0. The van der Waals surface area contributed by atoms with Gasteiger partial charge >= 0.3 is 0 Å². The van der Waals surface area contributed by atoms with E-state index in [1.165, 1.54) is 11.1 Å². The summed E-state index contributed by atoms with van der Waals surface area (Å²) in [6.45, 7) is 11.0. The molecule has 0 amide bonds. The van der Waals surface area contributed by atoms with Crippen LogP contribution in [-0.4, -0.2) is 43.0 Å². The summed E-state index contributed by atoms with van der Waals surface area (Å²) in [6.07, 6.45) is 1.99. The van der Waals surface area contributed by atoms with E-state index in [-0.39, 0.29) is 0 Å². The molecule has 1 atom stereocenters. The third-order valence-electron chi connectivity index (χ3n) is 5.29. The van der Waals surface area contributed by atoms with E-state index in [1.54, 1.807) is 0 Å². The number of hydrogen-bond acceptors (Lipinski definition) is 3. The van der Waals surface area contributed by atoms with Crippen LogP contribution in [0.1, 0.15) is 30.5 Å². The molecule has 26 heavy (non-hydrogen) atoms. The number of benzene rings is 2. The van der Waals surface area contributed by atoms with Gasteiger partial charge in [-0.1, -0.05) is 56.0 Å². The maximum absolute atomic E-state index is 4.32. The fourth-order valence-corrected chi connectivity index (χ4v) is 3.58. The Balaban J connectivity index is 1.69. The van der Waals surface area contributed by atoms with E-state index in [0.29, 0.717) is 6.04 Å². The molecular formula is C23H31N3. The van der Waals surface area contributed by atoms with Crippen LogP contribution in [0.25, 0.3) is 0 Å². The fraction of sp³-hybridized carbons (Fsp3) is 0.391. The lowest BCUT2D eigenvalue weighted by atomic mass is 9.99. The van der Waals surface area contributed by atoms with Gasteiger partial charge in [0.15, 0.2) is 0 Å². The van der Waals surface area contributed by atoms with Crippen molar-refractivity contribution >= 4 is 5.69 Å². The van der Waals surface area contributed by atoms with E-state index in [9.17, 15) is 0 Å². The van der Waals surface area contributed by atoms with E-state index in [4.69, 9.17) is 0 Å². The van der Waals surface area contributed by atoms with E-state index in [0.717, 1.165) is 50.4 Å². The molecule has 138 valence electrons. The van der Waals surface area contributed by atoms with Gasteiger partial charge in [0.25, 0.3) is 0 Å². The molecule has 3 rings (SSSR count). The number of aryl methyl sites for hydroxylation is 1. The molecule has 1 heterocycles. The van der Waals surface area contributed by atoms with Crippen LogP contribution in [0.3, 0.4) is 0 Å². The van der Waals surface area contributed by atoms with Crippen LogP contribution >= 0.6 is 0 Å². The van der Waals surface area contributed by atoms with Crippen molar-refractivity contribution in [3.05, 3.63) is 78.0 Å². The molecule has 1 aliphatic rings. The van der Waals surface area contributed by atoms with Crippen molar-refractivity contribution in [2.24, 2.45) is 0 Å². The van der Waals surface area contributed by atoms with Crippen LogP contribution in [0, 0.1) is 0 Å². The molecule has 3 nitrogen and oxygen atoms in total. The van der Waals surface area contributed by atoms with Crippen molar-refractivity contribution in [3.8, 4) is 0 Å². The Labute approximate surface area is 158 Å². The molecule has 0 spiro atoms. The van der Waals surface area contributed by atoms with Crippen LogP contribution in [0.15, 0.2) is 66.9 Å². The standard InChI is InChI=1S/C23H31N3/c1-4-20-10-12-22(13-11-20)24-19(2)18-23(21-8-6-5-7-9-21)26-16-14-25(3)15-17-26/h5-13,23-24H,2,4,14-18H2,1,3H3. The minimum atomic E-state index is 0.375. The summed E-state index contributed by atoms with van der Waals surface area (Å²) in [4.78, 5) is 5.00. The van der Waals surface area contributed by atoms with Gasteiger partial charge in [0.05, 0.1) is 0 Å². The number of nitrogens with one attached hydrogen (secondary N) is 1. The highest BCUT2D eigenvalue weighted by Crippen LogP contribution is 2.28. The zero-order valence-electron chi connectivity index (χ0n) is 16.1. The van der Waals surface area contributed by atoms with Gasteiger partial charge in [0.2, 0.25) is 0 Å². The Kier molecular flexibility index (Phi) is 6.48. The molecule has 1 saturated heterocycles. The van der Waals surface area contributed by atoms with Crippen LogP contribution in [-0.2, 0) is 6.42 Å².